The smallest absolute Gasteiger partial charge is 0.255 e. The number of nitrogens with zero attached hydrogens (tertiary/aromatic N) is 1. The Morgan fingerprint density at radius 3 is 2.83 bits per heavy atom. The fourth-order valence-corrected chi connectivity index (χ4v) is 2.58. The van der Waals surface area contributed by atoms with Crippen LogP contribution in [0.2, 0.25) is 0 Å². The second-order valence-electron chi connectivity index (χ2n) is 5.35. The van der Waals surface area contributed by atoms with Crippen LogP contribution < -0.4 is 10.6 Å². The molecule has 18 heavy (non-hydrogen) atoms. The van der Waals surface area contributed by atoms with Gasteiger partial charge in [-0.25, -0.2) is 4.98 Å². The molecule has 1 aliphatic rings. The Kier molecular flexibility index (Phi) is 3.84. The number of pyridine rings is 1. The molecule has 0 bridgehead atoms. The summed E-state index contributed by atoms with van der Waals surface area (Å²) in [7, 11) is 1.78. The van der Waals surface area contributed by atoms with Crippen LogP contribution in [0, 0.1) is 5.41 Å². The van der Waals surface area contributed by atoms with Gasteiger partial charge in [-0.15, -0.1) is 0 Å². The minimum Gasteiger partial charge on any atom is -0.372 e. The molecule has 1 aromatic rings. The average molecular weight is 247 g/mol. The van der Waals surface area contributed by atoms with E-state index in [1.54, 1.807) is 25.4 Å². The highest BCUT2D eigenvalue weighted by Crippen LogP contribution is 2.36. The summed E-state index contributed by atoms with van der Waals surface area (Å²) in [6.07, 6.45) is 6.65. The third-order valence-electron chi connectivity index (χ3n) is 3.78. The highest BCUT2D eigenvalue weighted by Gasteiger charge is 2.29. The summed E-state index contributed by atoms with van der Waals surface area (Å²) in [6, 6.07) is 3.58. The van der Waals surface area contributed by atoms with Crippen molar-refractivity contribution in [2.75, 3.05) is 18.9 Å². The fraction of sp³-hybridized carbons (Fsp3) is 0.571. The van der Waals surface area contributed by atoms with E-state index >= 15 is 0 Å². The molecule has 0 spiro atoms. The van der Waals surface area contributed by atoms with Crippen molar-refractivity contribution in [3.63, 3.8) is 0 Å². The lowest BCUT2D eigenvalue weighted by Crippen LogP contribution is -2.34. The van der Waals surface area contributed by atoms with Crippen molar-refractivity contribution < 1.29 is 4.79 Å². The molecule has 4 heteroatoms. The monoisotopic (exact) mass is 247 g/mol. The van der Waals surface area contributed by atoms with E-state index in [1.165, 1.54) is 25.7 Å². The number of amides is 1. The largest absolute Gasteiger partial charge is 0.372 e. The zero-order valence-electron chi connectivity index (χ0n) is 11.1. The second-order valence-corrected chi connectivity index (χ2v) is 5.35. The van der Waals surface area contributed by atoms with Crippen LogP contribution in [0.25, 0.3) is 0 Å². The highest BCUT2D eigenvalue weighted by atomic mass is 16.1. The van der Waals surface area contributed by atoms with E-state index in [-0.39, 0.29) is 11.3 Å². The Morgan fingerprint density at radius 1 is 1.44 bits per heavy atom. The van der Waals surface area contributed by atoms with E-state index in [0.717, 1.165) is 6.54 Å². The molecule has 0 aromatic carbocycles. The van der Waals surface area contributed by atoms with Gasteiger partial charge >= 0.3 is 0 Å². The molecule has 0 aliphatic heterocycles. The van der Waals surface area contributed by atoms with Gasteiger partial charge in [-0.05, 0) is 30.4 Å². The first-order valence-corrected chi connectivity index (χ1v) is 6.56. The molecule has 0 saturated heterocycles. The van der Waals surface area contributed by atoms with Crippen molar-refractivity contribution in [2.24, 2.45) is 5.41 Å². The molecule has 0 atom stereocenters. The minimum absolute atomic E-state index is 0.0411. The first-order valence-electron chi connectivity index (χ1n) is 6.56. The predicted molar refractivity (Wildman–Crippen MR) is 72.7 cm³/mol. The number of nitrogens with one attached hydrogen (secondary N) is 2. The number of anilines is 1. The van der Waals surface area contributed by atoms with Gasteiger partial charge in [0.15, 0.2) is 0 Å². The van der Waals surface area contributed by atoms with Gasteiger partial charge in [-0.3, -0.25) is 4.79 Å². The average Bonchev–Trinajstić information content (AvgIpc) is 2.83. The normalized spacial score (nSPS) is 17.4. The molecule has 1 aromatic heterocycles. The first kappa shape index (κ1) is 12.9. The lowest BCUT2D eigenvalue weighted by atomic mass is 9.89. The third kappa shape index (κ3) is 2.81. The molecule has 4 nitrogen and oxygen atoms in total. The van der Waals surface area contributed by atoms with Gasteiger partial charge in [0.1, 0.15) is 5.82 Å². The minimum atomic E-state index is -0.0411. The number of hydrogen-bond acceptors (Lipinski definition) is 3. The highest BCUT2D eigenvalue weighted by molar-refractivity contribution is 5.98. The predicted octanol–water partition coefficient (Wildman–Crippen LogP) is 2.43. The van der Waals surface area contributed by atoms with Crippen molar-refractivity contribution in [3.8, 4) is 0 Å². The Balaban J connectivity index is 1.99. The standard InChI is InChI=1S/C14H21N3O/c1-14(7-3-4-8-14)10-17-13(18)11-6-5-9-16-12(11)15-2/h5-6,9H,3-4,7-8,10H2,1-2H3,(H,15,16)(H,17,18). The van der Waals surface area contributed by atoms with Crippen molar-refractivity contribution in [3.05, 3.63) is 23.9 Å². The number of aromatic nitrogens is 1. The number of carbonyl (C=O) groups is 1. The summed E-state index contributed by atoms with van der Waals surface area (Å²) >= 11 is 0. The van der Waals surface area contributed by atoms with E-state index in [9.17, 15) is 4.79 Å². The molecule has 98 valence electrons. The van der Waals surface area contributed by atoms with E-state index in [2.05, 4.69) is 22.5 Å². The first-order chi connectivity index (χ1) is 8.64. The number of carbonyl (C=O) groups excluding carboxylic acids is 1. The van der Waals surface area contributed by atoms with E-state index in [4.69, 9.17) is 0 Å². The molecule has 1 amide bonds. The maximum absolute atomic E-state index is 12.1. The van der Waals surface area contributed by atoms with Gasteiger partial charge in [0.25, 0.3) is 5.91 Å². The Hall–Kier alpha value is -1.58. The maximum Gasteiger partial charge on any atom is 0.255 e. The second kappa shape index (κ2) is 5.38. The van der Waals surface area contributed by atoms with Gasteiger partial charge in [0.05, 0.1) is 5.56 Å². The van der Waals surface area contributed by atoms with Crippen LogP contribution in [0.1, 0.15) is 43.0 Å². The van der Waals surface area contributed by atoms with Gasteiger partial charge in [-0.1, -0.05) is 19.8 Å². The van der Waals surface area contributed by atoms with Crippen LogP contribution in [0.5, 0.6) is 0 Å². The van der Waals surface area contributed by atoms with Crippen molar-refractivity contribution in [1.29, 1.82) is 0 Å². The summed E-state index contributed by atoms with van der Waals surface area (Å²) in [5.74, 6) is 0.590. The summed E-state index contributed by atoms with van der Waals surface area (Å²) in [5, 5.41) is 5.98. The van der Waals surface area contributed by atoms with Crippen LogP contribution in [-0.4, -0.2) is 24.5 Å². The quantitative estimate of drug-likeness (QED) is 0.859. The zero-order valence-corrected chi connectivity index (χ0v) is 11.1. The number of hydrogen-bond donors (Lipinski definition) is 2. The lowest BCUT2D eigenvalue weighted by molar-refractivity contribution is 0.0935. The Labute approximate surface area is 108 Å². The van der Waals surface area contributed by atoms with Gasteiger partial charge in [0.2, 0.25) is 0 Å². The van der Waals surface area contributed by atoms with E-state index in [0.29, 0.717) is 11.4 Å². The number of rotatable bonds is 4. The topological polar surface area (TPSA) is 54.0 Å². The molecule has 0 unspecified atom stereocenters. The summed E-state index contributed by atoms with van der Waals surface area (Å²) in [6.45, 7) is 3.01. The van der Waals surface area contributed by atoms with Crippen molar-refractivity contribution in [2.45, 2.75) is 32.6 Å². The summed E-state index contributed by atoms with van der Waals surface area (Å²) in [4.78, 5) is 16.3. The molecule has 1 aliphatic carbocycles. The zero-order chi connectivity index (χ0) is 13.0. The van der Waals surface area contributed by atoms with Crippen LogP contribution in [0.15, 0.2) is 18.3 Å². The SMILES string of the molecule is CNc1ncccc1C(=O)NCC1(C)CCCC1. The van der Waals surface area contributed by atoms with E-state index < -0.39 is 0 Å². The molecule has 1 saturated carbocycles. The van der Waals surface area contributed by atoms with Crippen molar-refractivity contribution in [1.82, 2.24) is 10.3 Å². The Bertz CT molecular complexity index is 425. The van der Waals surface area contributed by atoms with E-state index in [1.807, 2.05) is 0 Å². The molecule has 1 fully saturated rings. The van der Waals surface area contributed by atoms with Gasteiger partial charge < -0.3 is 10.6 Å². The van der Waals surface area contributed by atoms with Gasteiger partial charge in [0, 0.05) is 19.8 Å². The van der Waals surface area contributed by atoms with Crippen LogP contribution in [0.4, 0.5) is 5.82 Å². The molecule has 0 radical (unpaired) electrons. The van der Waals surface area contributed by atoms with Crippen LogP contribution in [0.3, 0.4) is 0 Å². The Morgan fingerprint density at radius 2 is 2.17 bits per heavy atom. The lowest BCUT2D eigenvalue weighted by Gasteiger charge is -2.23. The fourth-order valence-electron chi connectivity index (χ4n) is 2.58. The maximum atomic E-state index is 12.1. The molecular weight excluding hydrogens is 226 g/mol. The molecule has 2 rings (SSSR count). The molecular formula is C14H21N3O. The summed E-state index contributed by atoms with van der Waals surface area (Å²) < 4.78 is 0. The van der Waals surface area contributed by atoms with Gasteiger partial charge in [-0.2, -0.15) is 0 Å². The third-order valence-corrected chi connectivity index (χ3v) is 3.78. The summed E-state index contributed by atoms with van der Waals surface area (Å²) in [5.41, 5.74) is 0.888. The van der Waals surface area contributed by atoms with Crippen LogP contribution in [-0.2, 0) is 0 Å². The van der Waals surface area contributed by atoms with Crippen molar-refractivity contribution >= 4 is 11.7 Å². The van der Waals surface area contributed by atoms with Crippen LogP contribution >= 0.6 is 0 Å². The molecule has 1 heterocycles. The molecule has 2 N–H and O–H groups in total.